The van der Waals surface area contributed by atoms with E-state index in [-0.39, 0.29) is 17.2 Å². The molecule has 0 spiro atoms. The van der Waals surface area contributed by atoms with Gasteiger partial charge in [0.15, 0.2) is 10.9 Å². The molecule has 1 aromatic rings. The monoisotopic (exact) mass is 228 g/mol. The lowest BCUT2D eigenvalue weighted by Crippen LogP contribution is -2.18. The molecule has 0 amide bonds. The molecule has 1 unspecified atom stereocenters. The van der Waals surface area contributed by atoms with Gasteiger partial charge in [-0.1, -0.05) is 11.6 Å². The Morgan fingerprint density at radius 3 is 3.00 bits per heavy atom. The summed E-state index contributed by atoms with van der Waals surface area (Å²) in [5, 5.41) is 4.35. The predicted molar refractivity (Wildman–Crippen MR) is 56.1 cm³/mol. The van der Waals surface area contributed by atoms with Gasteiger partial charge in [-0.15, -0.1) is 0 Å². The van der Waals surface area contributed by atoms with E-state index in [0.717, 1.165) is 25.9 Å². The normalized spacial score (nSPS) is 21.6. The van der Waals surface area contributed by atoms with Gasteiger partial charge in [0, 0.05) is 12.8 Å². The van der Waals surface area contributed by atoms with Crippen LogP contribution < -0.4 is 0 Å². The Hall–Kier alpha value is -0.870. The van der Waals surface area contributed by atoms with Crippen LogP contribution in [0.5, 0.6) is 0 Å². The van der Waals surface area contributed by atoms with E-state index in [0.29, 0.717) is 5.56 Å². The van der Waals surface area contributed by atoms with Crippen LogP contribution in [0.4, 0.5) is 0 Å². The maximum absolute atomic E-state index is 11.2. The molecule has 82 valence electrons. The van der Waals surface area contributed by atoms with E-state index in [1.807, 2.05) is 0 Å². The Labute approximate surface area is 93.2 Å². The lowest BCUT2D eigenvalue weighted by molar-refractivity contribution is -0.0394. The van der Waals surface area contributed by atoms with Gasteiger partial charge in [0.2, 0.25) is 0 Å². The first-order valence-corrected chi connectivity index (χ1v) is 5.43. The van der Waals surface area contributed by atoms with Crippen molar-refractivity contribution in [3.8, 4) is 0 Å². The standard InChI is InChI=1S/C10H13ClN2O2/c1-7(14)8-6-13(12-10(8)11)9-4-2-3-5-15-9/h6,9H,2-5H2,1H3. The first-order valence-electron chi connectivity index (χ1n) is 5.05. The van der Waals surface area contributed by atoms with Gasteiger partial charge in [0.1, 0.15) is 6.23 Å². The van der Waals surface area contributed by atoms with E-state index >= 15 is 0 Å². The predicted octanol–water partition coefficient (Wildman–Crippen LogP) is 2.44. The Balaban J connectivity index is 2.21. The number of rotatable bonds is 2. The number of aromatic nitrogens is 2. The minimum Gasteiger partial charge on any atom is -0.357 e. The molecule has 4 nitrogen and oxygen atoms in total. The SMILES string of the molecule is CC(=O)c1cn(C2CCCCO2)nc1Cl. The lowest BCUT2D eigenvalue weighted by atomic mass is 10.2. The highest BCUT2D eigenvalue weighted by Gasteiger charge is 2.19. The van der Waals surface area contributed by atoms with Crippen molar-refractivity contribution in [2.24, 2.45) is 0 Å². The second kappa shape index (κ2) is 4.33. The molecular weight excluding hydrogens is 216 g/mol. The van der Waals surface area contributed by atoms with Crippen molar-refractivity contribution in [3.63, 3.8) is 0 Å². The molecule has 0 aromatic carbocycles. The number of halogens is 1. The summed E-state index contributed by atoms with van der Waals surface area (Å²) in [7, 11) is 0. The molecule has 1 aliphatic rings. The van der Waals surface area contributed by atoms with Gasteiger partial charge in [-0.25, -0.2) is 4.68 Å². The van der Waals surface area contributed by atoms with Gasteiger partial charge in [-0.05, 0) is 26.2 Å². The van der Waals surface area contributed by atoms with Gasteiger partial charge >= 0.3 is 0 Å². The fourth-order valence-corrected chi connectivity index (χ4v) is 1.95. The van der Waals surface area contributed by atoms with Crippen LogP contribution in [0.3, 0.4) is 0 Å². The molecule has 1 fully saturated rings. The van der Waals surface area contributed by atoms with Gasteiger partial charge < -0.3 is 4.74 Å². The topological polar surface area (TPSA) is 44.1 Å². The average Bonchev–Trinajstić information content (AvgIpc) is 2.62. The molecule has 5 heteroatoms. The van der Waals surface area contributed by atoms with E-state index in [1.54, 1.807) is 10.9 Å². The average molecular weight is 229 g/mol. The first-order chi connectivity index (χ1) is 7.18. The van der Waals surface area contributed by atoms with Crippen LogP contribution in [0, 0.1) is 0 Å². The van der Waals surface area contributed by atoms with Crippen molar-refractivity contribution < 1.29 is 9.53 Å². The Morgan fingerprint density at radius 2 is 2.47 bits per heavy atom. The Morgan fingerprint density at radius 1 is 1.67 bits per heavy atom. The van der Waals surface area contributed by atoms with Crippen molar-refractivity contribution in [1.29, 1.82) is 0 Å². The highest BCUT2D eigenvalue weighted by atomic mass is 35.5. The number of carbonyl (C=O) groups is 1. The summed E-state index contributed by atoms with van der Waals surface area (Å²) >= 11 is 5.85. The molecule has 0 N–H and O–H groups in total. The Kier molecular flexibility index (Phi) is 3.07. The molecule has 2 heterocycles. The van der Waals surface area contributed by atoms with E-state index < -0.39 is 0 Å². The Bertz CT molecular complexity index is 369. The number of Topliss-reactive ketones (excluding diaryl/α,β-unsaturated/α-hetero) is 1. The number of hydrogen-bond donors (Lipinski definition) is 0. The number of hydrogen-bond acceptors (Lipinski definition) is 3. The van der Waals surface area contributed by atoms with Crippen LogP contribution in [-0.4, -0.2) is 22.2 Å². The molecule has 1 aliphatic heterocycles. The van der Waals surface area contributed by atoms with Crippen molar-refractivity contribution in [3.05, 3.63) is 16.9 Å². The lowest BCUT2D eigenvalue weighted by Gasteiger charge is -2.22. The second-order valence-corrected chi connectivity index (χ2v) is 4.05. The molecule has 0 bridgehead atoms. The summed E-state index contributed by atoms with van der Waals surface area (Å²) in [5.74, 6) is -0.0675. The fraction of sp³-hybridized carbons (Fsp3) is 0.600. The van der Waals surface area contributed by atoms with E-state index in [2.05, 4.69) is 5.10 Å². The molecule has 0 saturated carbocycles. The third-order valence-corrected chi connectivity index (χ3v) is 2.80. The molecule has 1 atom stereocenters. The third-order valence-electron chi connectivity index (χ3n) is 2.52. The summed E-state index contributed by atoms with van der Waals surface area (Å²) in [4.78, 5) is 11.2. The summed E-state index contributed by atoms with van der Waals surface area (Å²) in [6.07, 6.45) is 4.74. The molecule has 1 aromatic heterocycles. The van der Waals surface area contributed by atoms with E-state index in [4.69, 9.17) is 16.3 Å². The zero-order chi connectivity index (χ0) is 10.8. The molecule has 0 aliphatic carbocycles. The highest BCUT2D eigenvalue weighted by molar-refractivity contribution is 6.32. The van der Waals surface area contributed by atoms with Crippen molar-refractivity contribution in [2.45, 2.75) is 32.4 Å². The highest BCUT2D eigenvalue weighted by Crippen LogP contribution is 2.24. The zero-order valence-electron chi connectivity index (χ0n) is 8.57. The van der Waals surface area contributed by atoms with Gasteiger partial charge in [0.25, 0.3) is 0 Å². The minimum atomic E-state index is -0.0675. The smallest absolute Gasteiger partial charge is 0.164 e. The summed E-state index contributed by atoms with van der Waals surface area (Å²) in [6, 6.07) is 0. The molecular formula is C10H13ClN2O2. The molecule has 2 rings (SSSR count). The van der Waals surface area contributed by atoms with Crippen LogP contribution >= 0.6 is 11.6 Å². The third kappa shape index (κ3) is 2.21. The molecule has 0 radical (unpaired) electrons. The number of ether oxygens (including phenoxy) is 1. The van der Waals surface area contributed by atoms with Crippen molar-refractivity contribution in [2.75, 3.05) is 6.61 Å². The van der Waals surface area contributed by atoms with Crippen LogP contribution in [0.1, 0.15) is 42.8 Å². The fourth-order valence-electron chi connectivity index (χ4n) is 1.69. The quantitative estimate of drug-likeness (QED) is 0.731. The summed E-state index contributed by atoms with van der Waals surface area (Å²) in [5.41, 5.74) is 0.464. The maximum Gasteiger partial charge on any atom is 0.164 e. The van der Waals surface area contributed by atoms with Gasteiger partial charge in [-0.2, -0.15) is 5.10 Å². The van der Waals surface area contributed by atoms with Crippen LogP contribution in [-0.2, 0) is 4.74 Å². The van der Waals surface area contributed by atoms with Crippen molar-refractivity contribution in [1.82, 2.24) is 9.78 Å². The van der Waals surface area contributed by atoms with Crippen molar-refractivity contribution >= 4 is 17.4 Å². The summed E-state index contributed by atoms with van der Waals surface area (Å²) in [6.45, 7) is 2.23. The molecule has 15 heavy (non-hydrogen) atoms. The van der Waals surface area contributed by atoms with Gasteiger partial charge in [0.05, 0.1) is 5.56 Å². The van der Waals surface area contributed by atoms with E-state index in [1.165, 1.54) is 6.92 Å². The van der Waals surface area contributed by atoms with Gasteiger partial charge in [-0.3, -0.25) is 4.79 Å². The maximum atomic E-state index is 11.2. The minimum absolute atomic E-state index is 0.0654. The van der Waals surface area contributed by atoms with Crippen LogP contribution in [0.25, 0.3) is 0 Å². The second-order valence-electron chi connectivity index (χ2n) is 3.69. The number of carbonyl (C=O) groups excluding carboxylic acids is 1. The van der Waals surface area contributed by atoms with E-state index in [9.17, 15) is 4.79 Å². The zero-order valence-corrected chi connectivity index (χ0v) is 9.33. The number of nitrogens with zero attached hydrogens (tertiary/aromatic N) is 2. The summed E-state index contributed by atoms with van der Waals surface area (Å²) < 4.78 is 7.19. The largest absolute Gasteiger partial charge is 0.357 e. The molecule has 1 saturated heterocycles. The van der Waals surface area contributed by atoms with Crippen LogP contribution in [0.2, 0.25) is 5.15 Å². The first kappa shape index (κ1) is 10.6. The van der Waals surface area contributed by atoms with Crippen LogP contribution in [0.15, 0.2) is 6.20 Å². The number of ketones is 1.